The highest BCUT2D eigenvalue weighted by Gasteiger charge is 2.42. The Balaban J connectivity index is 1.62. The number of aliphatic hydroxyl groups is 1. The molecular formula is C25H23F3N2O3. The lowest BCUT2D eigenvalue weighted by Crippen LogP contribution is -2.44. The lowest BCUT2D eigenvalue weighted by atomic mass is 9.72. The Hall–Kier alpha value is -3.39. The van der Waals surface area contributed by atoms with Crippen molar-refractivity contribution in [3.05, 3.63) is 106 Å². The van der Waals surface area contributed by atoms with Crippen molar-refractivity contribution < 1.29 is 23.2 Å². The lowest BCUT2D eigenvalue weighted by Gasteiger charge is -2.42. The number of hydrogen-bond donors (Lipinski definition) is 1. The van der Waals surface area contributed by atoms with Crippen molar-refractivity contribution in [1.29, 1.82) is 0 Å². The first kappa shape index (κ1) is 22.8. The van der Waals surface area contributed by atoms with E-state index in [4.69, 9.17) is 0 Å². The number of alkyl halides is 3. The molecule has 5 nitrogen and oxygen atoms in total. The molecule has 1 aliphatic heterocycles. The van der Waals surface area contributed by atoms with Gasteiger partial charge in [0.2, 0.25) is 0 Å². The number of piperidine rings is 1. The van der Waals surface area contributed by atoms with E-state index >= 15 is 0 Å². The van der Waals surface area contributed by atoms with Gasteiger partial charge in [-0.25, -0.2) is 0 Å². The van der Waals surface area contributed by atoms with Gasteiger partial charge in [0.15, 0.2) is 0 Å². The van der Waals surface area contributed by atoms with Crippen molar-refractivity contribution >= 4 is 11.4 Å². The first-order valence-electron chi connectivity index (χ1n) is 10.6. The molecule has 1 aliphatic rings. The first-order chi connectivity index (χ1) is 15.7. The van der Waals surface area contributed by atoms with Crippen LogP contribution in [0, 0.1) is 16.0 Å². The molecule has 0 spiro atoms. The van der Waals surface area contributed by atoms with E-state index in [9.17, 15) is 28.4 Å². The van der Waals surface area contributed by atoms with Crippen LogP contribution in [0.5, 0.6) is 0 Å². The molecule has 1 fully saturated rings. The lowest BCUT2D eigenvalue weighted by molar-refractivity contribution is -0.384. The molecule has 1 N–H and O–H groups in total. The van der Waals surface area contributed by atoms with Crippen molar-refractivity contribution in [1.82, 2.24) is 0 Å². The highest BCUT2D eigenvalue weighted by atomic mass is 19.4. The van der Waals surface area contributed by atoms with E-state index in [1.807, 2.05) is 60.7 Å². The van der Waals surface area contributed by atoms with Gasteiger partial charge < -0.3 is 10.0 Å². The molecule has 1 heterocycles. The average Bonchev–Trinajstić information content (AvgIpc) is 2.84. The molecule has 0 saturated carbocycles. The molecule has 4 rings (SSSR count). The van der Waals surface area contributed by atoms with Crippen LogP contribution in [-0.4, -0.2) is 23.1 Å². The number of nitrogens with zero attached hydrogens (tertiary/aromatic N) is 2. The smallest absolute Gasteiger partial charge is 0.380 e. The topological polar surface area (TPSA) is 66.6 Å². The van der Waals surface area contributed by atoms with E-state index in [1.165, 1.54) is 6.07 Å². The van der Waals surface area contributed by atoms with E-state index in [-0.39, 0.29) is 11.6 Å². The van der Waals surface area contributed by atoms with Crippen molar-refractivity contribution in [2.45, 2.75) is 24.6 Å². The average molecular weight is 456 g/mol. The van der Waals surface area contributed by atoms with Crippen LogP contribution < -0.4 is 4.90 Å². The molecule has 0 aliphatic carbocycles. The Morgan fingerprint density at radius 1 is 0.848 bits per heavy atom. The maximum atomic E-state index is 13.0. The Bertz CT molecular complexity index is 1070. The van der Waals surface area contributed by atoms with Crippen molar-refractivity contribution in [2.24, 2.45) is 5.92 Å². The summed E-state index contributed by atoms with van der Waals surface area (Å²) >= 11 is 0. The molecule has 3 aromatic carbocycles. The summed E-state index contributed by atoms with van der Waals surface area (Å²) in [6.45, 7) is 0.748. The van der Waals surface area contributed by atoms with Gasteiger partial charge in [-0.15, -0.1) is 0 Å². The second-order valence-corrected chi connectivity index (χ2v) is 8.22. The predicted octanol–water partition coefficient (Wildman–Crippen LogP) is 5.77. The minimum Gasteiger partial charge on any atom is -0.380 e. The second kappa shape index (κ2) is 8.86. The van der Waals surface area contributed by atoms with Crippen LogP contribution in [-0.2, 0) is 11.8 Å². The van der Waals surface area contributed by atoms with Gasteiger partial charge in [0.1, 0.15) is 11.3 Å². The summed E-state index contributed by atoms with van der Waals surface area (Å²) in [7, 11) is 0. The fourth-order valence-electron chi connectivity index (χ4n) is 4.67. The molecule has 172 valence electrons. The molecule has 0 bridgehead atoms. The largest absolute Gasteiger partial charge is 0.416 e. The number of nitro benzene ring substituents is 1. The molecule has 0 amide bonds. The zero-order valence-corrected chi connectivity index (χ0v) is 17.7. The molecule has 33 heavy (non-hydrogen) atoms. The minimum atomic E-state index is -4.65. The summed E-state index contributed by atoms with van der Waals surface area (Å²) in [6, 6.07) is 21.3. The number of anilines is 1. The van der Waals surface area contributed by atoms with Gasteiger partial charge in [0, 0.05) is 19.2 Å². The monoisotopic (exact) mass is 456 g/mol. The van der Waals surface area contributed by atoms with Gasteiger partial charge in [0.25, 0.3) is 5.69 Å². The number of rotatable bonds is 5. The van der Waals surface area contributed by atoms with E-state index in [0.29, 0.717) is 32.0 Å². The van der Waals surface area contributed by atoms with E-state index in [1.54, 1.807) is 4.90 Å². The fourth-order valence-corrected chi connectivity index (χ4v) is 4.67. The summed E-state index contributed by atoms with van der Waals surface area (Å²) in [5.41, 5.74) is -1.18. The molecule has 0 aromatic heterocycles. The van der Waals surface area contributed by atoms with Gasteiger partial charge in [-0.3, -0.25) is 10.1 Å². The molecule has 3 aromatic rings. The summed E-state index contributed by atoms with van der Waals surface area (Å²) < 4.78 is 39.1. The van der Waals surface area contributed by atoms with Gasteiger partial charge in [-0.1, -0.05) is 60.7 Å². The van der Waals surface area contributed by atoms with Crippen LogP contribution in [0.4, 0.5) is 24.5 Å². The normalized spacial score (nSPS) is 15.5. The van der Waals surface area contributed by atoms with Crippen LogP contribution in [0.3, 0.4) is 0 Å². The third kappa shape index (κ3) is 4.43. The molecule has 8 heteroatoms. The molecule has 0 radical (unpaired) electrons. The Morgan fingerprint density at radius 2 is 1.36 bits per heavy atom. The van der Waals surface area contributed by atoms with Crippen LogP contribution in [0.2, 0.25) is 0 Å². The molecule has 1 saturated heterocycles. The van der Waals surface area contributed by atoms with Crippen LogP contribution >= 0.6 is 0 Å². The van der Waals surface area contributed by atoms with Gasteiger partial charge in [-0.05, 0) is 42.0 Å². The standard InChI is InChI=1S/C25H23F3N2O3/c26-25(27,28)21-11-12-22(23(17-21)30(32)33)29-15-13-20(14-16-29)24(31,18-7-3-1-4-8-18)19-9-5-2-6-10-19/h1-12,17,20,31H,13-16H2. The van der Waals surface area contributed by atoms with E-state index in [2.05, 4.69) is 0 Å². The SMILES string of the molecule is O=[N+]([O-])c1cc(C(F)(F)F)ccc1N1CCC(C(O)(c2ccccc2)c2ccccc2)CC1. The van der Waals surface area contributed by atoms with E-state index < -0.39 is 28.0 Å². The summed E-state index contributed by atoms with van der Waals surface area (Å²) in [5.74, 6) is -0.174. The summed E-state index contributed by atoms with van der Waals surface area (Å²) in [4.78, 5) is 12.5. The quantitative estimate of drug-likeness (QED) is 0.391. The number of halogens is 3. The second-order valence-electron chi connectivity index (χ2n) is 8.22. The highest BCUT2D eigenvalue weighted by Crippen LogP contribution is 2.44. The summed E-state index contributed by atoms with van der Waals surface area (Å²) in [5, 5.41) is 23.5. The zero-order chi connectivity index (χ0) is 23.6. The molecular weight excluding hydrogens is 433 g/mol. The Labute approximate surface area is 189 Å². The van der Waals surface area contributed by atoms with Gasteiger partial charge in [0.05, 0.1) is 10.5 Å². The van der Waals surface area contributed by atoms with Crippen molar-refractivity contribution in [3.63, 3.8) is 0 Å². The first-order valence-corrected chi connectivity index (χ1v) is 10.6. The van der Waals surface area contributed by atoms with Crippen LogP contribution in [0.25, 0.3) is 0 Å². The Morgan fingerprint density at radius 3 is 1.82 bits per heavy atom. The third-order valence-electron chi connectivity index (χ3n) is 6.35. The van der Waals surface area contributed by atoms with Crippen molar-refractivity contribution in [3.8, 4) is 0 Å². The number of benzene rings is 3. The van der Waals surface area contributed by atoms with Crippen molar-refractivity contribution in [2.75, 3.05) is 18.0 Å². The fraction of sp³-hybridized carbons (Fsp3) is 0.280. The predicted molar refractivity (Wildman–Crippen MR) is 119 cm³/mol. The van der Waals surface area contributed by atoms with Gasteiger partial charge in [-0.2, -0.15) is 13.2 Å². The Kier molecular flexibility index (Phi) is 6.12. The molecule has 0 atom stereocenters. The number of nitro groups is 1. The van der Waals surface area contributed by atoms with Crippen LogP contribution in [0.15, 0.2) is 78.9 Å². The molecule has 0 unspecified atom stereocenters. The maximum Gasteiger partial charge on any atom is 0.416 e. The third-order valence-corrected chi connectivity index (χ3v) is 6.35. The number of hydrogen-bond acceptors (Lipinski definition) is 4. The van der Waals surface area contributed by atoms with E-state index in [0.717, 1.165) is 17.2 Å². The van der Waals surface area contributed by atoms with Gasteiger partial charge >= 0.3 is 6.18 Å². The van der Waals surface area contributed by atoms with Crippen LogP contribution in [0.1, 0.15) is 29.5 Å². The minimum absolute atomic E-state index is 0.161. The zero-order valence-electron chi connectivity index (χ0n) is 17.7. The summed E-state index contributed by atoms with van der Waals surface area (Å²) in [6.07, 6.45) is -3.63. The maximum absolute atomic E-state index is 13.0. The highest BCUT2D eigenvalue weighted by molar-refractivity contribution is 5.65.